The van der Waals surface area contributed by atoms with E-state index in [9.17, 15) is 0 Å². The average Bonchev–Trinajstić information content (AvgIpc) is 2.19. The molecule has 3 nitrogen and oxygen atoms in total. The molecule has 0 amide bonds. The van der Waals surface area contributed by atoms with Crippen molar-refractivity contribution in [2.24, 2.45) is 10.9 Å². The first kappa shape index (κ1) is 13.7. The average molecular weight is 225 g/mol. The molecule has 1 aliphatic rings. The molecule has 3 heteroatoms. The van der Waals surface area contributed by atoms with Crippen LogP contribution in [0.15, 0.2) is 4.99 Å². The lowest BCUT2D eigenvalue weighted by molar-refractivity contribution is 0.225. The smallest absolute Gasteiger partial charge is 0.0401 e. The lowest BCUT2D eigenvalue weighted by Gasteiger charge is -2.34. The normalized spacial score (nSPS) is 30.2. The summed E-state index contributed by atoms with van der Waals surface area (Å²) in [5.41, 5.74) is 1.43. The maximum Gasteiger partial charge on any atom is 0.0401 e. The number of nitrogens with zero attached hydrogens (tertiary/aromatic N) is 3. The van der Waals surface area contributed by atoms with Gasteiger partial charge in [-0.3, -0.25) is 4.99 Å². The van der Waals surface area contributed by atoms with E-state index in [0.29, 0.717) is 12.0 Å². The van der Waals surface area contributed by atoms with Gasteiger partial charge in [-0.25, -0.2) is 0 Å². The second kappa shape index (κ2) is 6.36. The van der Waals surface area contributed by atoms with E-state index in [-0.39, 0.29) is 0 Å². The van der Waals surface area contributed by atoms with E-state index in [1.165, 1.54) is 12.1 Å². The Morgan fingerprint density at radius 3 is 2.69 bits per heavy atom. The van der Waals surface area contributed by atoms with Crippen LogP contribution in [0.3, 0.4) is 0 Å². The van der Waals surface area contributed by atoms with Crippen molar-refractivity contribution in [3.8, 4) is 0 Å². The first-order chi connectivity index (χ1) is 7.50. The van der Waals surface area contributed by atoms with Crippen molar-refractivity contribution < 1.29 is 0 Å². The van der Waals surface area contributed by atoms with Gasteiger partial charge in [-0.05, 0) is 41.0 Å². The van der Waals surface area contributed by atoms with E-state index in [1.54, 1.807) is 0 Å². The molecule has 1 fully saturated rings. The van der Waals surface area contributed by atoms with E-state index < -0.39 is 0 Å². The van der Waals surface area contributed by atoms with Gasteiger partial charge in [0.25, 0.3) is 0 Å². The summed E-state index contributed by atoms with van der Waals surface area (Å²) in [6, 6.07) is 0.656. The Labute approximate surface area is 101 Å². The second-order valence-corrected chi connectivity index (χ2v) is 5.42. The van der Waals surface area contributed by atoms with Crippen molar-refractivity contribution in [1.82, 2.24) is 9.80 Å². The summed E-state index contributed by atoms with van der Waals surface area (Å²) in [6.07, 6.45) is 2.33. The fourth-order valence-corrected chi connectivity index (χ4v) is 2.21. The largest absolute Gasteiger partial charge is 0.309 e. The highest BCUT2D eigenvalue weighted by molar-refractivity contribution is 5.87. The third-order valence-electron chi connectivity index (χ3n) is 3.47. The van der Waals surface area contributed by atoms with Crippen molar-refractivity contribution in [2.75, 3.05) is 40.8 Å². The summed E-state index contributed by atoms with van der Waals surface area (Å²) in [6.45, 7) is 7.89. The van der Waals surface area contributed by atoms with Crippen LogP contribution >= 0.6 is 0 Å². The van der Waals surface area contributed by atoms with E-state index in [2.05, 4.69) is 44.8 Å². The quantitative estimate of drug-likeness (QED) is 0.679. The fourth-order valence-electron chi connectivity index (χ4n) is 2.21. The standard InChI is InChI=1S/C13H27N3/c1-11-10-16(5)12(2)9-13(11)14-7-6-8-15(3)4/h11-12H,6-10H2,1-5H3/t11-,12+/m0/s1. The number of hydrogen-bond donors (Lipinski definition) is 0. The maximum absolute atomic E-state index is 4.78. The second-order valence-electron chi connectivity index (χ2n) is 5.42. The van der Waals surface area contributed by atoms with Gasteiger partial charge in [-0.2, -0.15) is 0 Å². The van der Waals surface area contributed by atoms with Crippen molar-refractivity contribution in [3.63, 3.8) is 0 Å². The lowest BCUT2D eigenvalue weighted by Crippen LogP contribution is -2.43. The van der Waals surface area contributed by atoms with Crippen LogP contribution in [0.2, 0.25) is 0 Å². The Morgan fingerprint density at radius 1 is 1.38 bits per heavy atom. The summed E-state index contributed by atoms with van der Waals surface area (Å²) >= 11 is 0. The SMILES string of the molecule is C[C@@H]1CC(=NCCCN(C)C)[C@@H](C)CN1C. The maximum atomic E-state index is 4.78. The van der Waals surface area contributed by atoms with Crippen molar-refractivity contribution >= 4 is 5.71 Å². The molecule has 1 saturated heterocycles. The Balaban J connectivity index is 2.37. The molecule has 16 heavy (non-hydrogen) atoms. The lowest BCUT2D eigenvalue weighted by atomic mass is 9.93. The molecule has 1 aliphatic heterocycles. The molecule has 0 unspecified atom stereocenters. The molecule has 0 aromatic rings. The Kier molecular flexibility index (Phi) is 5.42. The first-order valence-electron chi connectivity index (χ1n) is 6.39. The van der Waals surface area contributed by atoms with Crippen LogP contribution in [0.1, 0.15) is 26.7 Å². The minimum Gasteiger partial charge on any atom is -0.309 e. The van der Waals surface area contributed by atoms with Crippen molar-refractivity contribution in [3.05, 3.63) is 0 Å². The Hall–Kier alpha value is -0.410. The number of hydrogen-bond acceptors (Lipinski definition) is 3. The highest BCUT2D eigenvalue weighted by atomic mass is 15.1. The fraction of sp³-hybridized carbons (Fsp3) is 0.923. The zero-order chi connectivity index (χ0) is 12.1. The van der Waals surface area contributed by atoms with E-state index in [1.807, 2.05) is 0 Å². The van der Waals surface area contributed by atoms with E-state index in [4.69, 9.17) is 4.99 Å². The molecule has 0 aromatic carbocycles. The molecule has 0 spiro atoms. The zero-order valence-electron chi connectivity index (χ0n) is 11.5. The van der Waals surface area contributed by atoms with Gasteiger partial charge in [0.2, 0.25) is 0 Å². The molecule has 2 atom stereocenters. The van der Waals surface area contributed by atoms with Gasteiger partial charge in [-0.15, -0.1) is 0 Å². The molecule has 0 aliphatic carbocycles. The summed E-state index contributed by atoms with van der Waals surface area (Å²) in [5, 5.41) is 0. The van der Waals surface area contributed by atoms with Gasteiger partial charge in [0.05, 0.1) is 0 Å². The topological polar surface area (TPSA) is 18.8 Å². The highest BCUT2D eigenvalue weighted by Gasteiger charge is 2.24. The van der Waals surface area contributed by atoms with Gasteiger partial charge < -0.3 is 9.80 Å². The molecular weight excluding hydrogens is 198 g/mol. The van der Waals surface area contributed by atoms with Gasteiger partial charge in [0, 0.05) is 37.2 Å². The van der Waals surface area contributed by atoms with Crippen LogP contribution in [0.5, 0.6) is 0 Å². The minimum absolute atomic E-state index is 0.639. The minimum atomic E-state index is 0.639. The molecule has 0 bridgehead atoms. The third-order valence-corrected chi connectivity index (χ3v) is 3.47. The molecule has 1 heterocycles. The van der Waals surface area contributed by atoms with Gasteiger partial charge in [0.1, 0.15) is 0 Å². The van der Waals surface area contributed by atoms with Crippen LogP contribution in [-0.2, 0) is 0 Å². The number of likely N-dealkylation sites (tertiary alicyclic amines) is 1. The zero-order valence-corrected chi connectivity index (χ0v) is 11.5. The van der Waals surface area contributed by atoms with Crippen molar-refractivity contribution in [1.29, 1.82) is 0 Å². The van der Waals surface area contributed by atoms with Crippen LogP contribution in [0.25, 0.3) is 0 Å². The molecule has 0 N–H and O–H groups in total. The third kappa shape index (κ3) is 4.22. The molecule has 1 rings (SSSR count). The predicted octanol–water partition coefficient (Wildman–Crippen LogP) is 1.74. The van der Waals surface area contributed by atoms with Gasteiger partial charge in [0.15, 0.2) is 0 Å². The first-order valence-corrected chi connectivity index (χ1v) is 6.39. The summed E-state index contributed by atoms with van der Waals surface area (Å²) in [4.78, 5) is 9.44. The van der Waals surface area contributed by atoms with Crippen LogP contribution < -0.4 is 0 Å². The predicted molar refractivity (Wildman–Crippen MR) is 71.3 cm³/mol. The van der Waals surface area contributed by atoms with Gasteiger partial charge >= 0.3 is 0 Å². The summed E-state index contributed by atoms with van der Waals surface area (Å²) in [7, 11) is 6.45. The van der Waals surface area contributed by atoms with Crippen LogP contribution in [-0.4, -0.2) is 62.3 Å². The molecular formula is C13H27N3. The number of aliphatic imine (C=N–C) groups is 1. The molecule has 0 aromatic heterocycles. The van der Waals surface area contributed by atoms with Crippen LogP contribution in [0, 0.1) is 5.92 Å². The van der Waals surface area contributed by atoms with Crippen LogP contribution in [0.4, 0.5) is 0 Å². The summed E-state index contributed by atoms with van der Waals surface area (Å²) < 4.78 is 0. The van der Waals surface area contributed by atoms with E-state index >= 15 is 0 Å². The van der Waals surface area contributed by atoms with Gasteiger partial charge in [-0.1, -0.05) is 6.92 Å². The highest BCUT2D eigenvalue weighted by Crippen LogP contribution is 2.18. The number of rotatable bonds is 4. The van der Waals surface area contributed by atoms with Crippen molar-refractivity contribution in [2.45, 2.75) is 32.7 Å². The monoisotopic (exact) mass is 225 g/mol. The molecule has 94 valence electrons. The number of piperidine rings is 1. The Bertz CT molecular complexity index is 235. The molecule has 0 saturated carbocycles. The summed E-state index contributed by atoms with van der Waals surface area (Å²) in [5.74, 6) is 0.639. The Morgan fingerprint density at radius 2 is 2.06 bits per heavy atom. The van der Waals surface area contributed by atoms with E-state index in [0.717, 1.165) is 26.1 Å². The molecule has 0 radical (unpaired) electrons.